The number of anilines is 1. The summed E-state index contributed by atoms with van der Waals surface area (Å²) in [7, 11) is -4.08. The van der Waals surface area contributed by atoms with Gasteiger partial charge in [0.25, 0.3) is 0 Å². The number of aromatic nitrogens is 2. The molecule has 0 fully saturated rings. The average molecular weight is 469 g/mol. The van der Waals surface area contributed by atoms with Crippen LogP contribution >= 0.6 is 11.7 Å². The van der Waals surface area contributed by atoms with Gasteiger partial charge in [0.15, 0.2) is 0 Å². The fourth-order valence-electron chi connectivity index (χ4n) is 3.15. The predicted octanol–water partition coefficient (Wildman–Crippen LogP) is 3.75. The van der Waals surface area contributed by atoms with Crippen molar-refractivity contribution in [2.45, 2.75) is 17.9 Å². The van der Waals surface area contributed by atoms with Gasteiger partial charge < -0.3 is 10.1 Å². The Kier molecular flexibility index (Phi) is 6.45. The summed E-state index contributed by atoms with van der Waals surface area (Å²) in [4.78, 5) is 13.1. The summed E-state index contributed by atoms with van der Waals surface area (Å²) in [5.74, 6) is 0.156. The standard InChI is InChI=1S/C22H20N4O4S2/c1-2-30-17-13-11-16(12-14-17)23-22(27)20(15-7-4-3-5-8-15)26-32(28,29)19-10-6-9-18-21(19)25-31-24-18/h3-14,20,26H,2H2,1H3,(H,23,27)/t20-/m1/s1. The van der Waals surface area contributed by atoms with E-state index >= 15 is 0 Å². The van der Waals surface area contributed by atoms with Crippen LogP contribution in [0.5, 0.6) is 5.75 Å². The lowest BCUT2D eigenvalue weighted by Gasteiger charge is -2.19. The monoisotopic (exact) mass is 468 g/mol. The number of benzene rings is 3. The van der Waals surface area contributed by atoms with E-state index in [0.29, 0.717) is 29.1 Å². The highest BCUT2D eigenvalue weighted by molar-refractivity contribution is 7.89. The first kappa shape index (κ1) is 21.9. The van der Waals surface area contributed by atoms with Crippen LogP contribution in [0, 0.1) is 0 Å². The average Bonchev–Trinajstić information content (AvgIpc) is 3.28. The van der Waals surface area contributed by atoms with Gasteiger partial charge in [-0.15, -0.1) is 0 Å². The molecule has 2 N–H and O–H groups in total. The zero-order valence-corrected chi connectivity index (χ0v) is 18.7. The van der Waals surface area contributed by atoms with Gasteiger partial charge >= 0.3 is 0 Å². The number of nitrogens with zero attached hydrogens (tertiary/aromatic N) is 2. The molecule has 1 heterocycles. The van der Waals surface area contributed by atoms with Gasteiger partial charge in [-0.05, 0) is 48.9 Å². The van der Waals surface area contributed by atoms with Gasteiger partial charge in [-0.1, -0.05) is 36.4 Å². The molecule has 164 valence electrons. The van der Waals surface area contributed by atoms with E-state index in [-0.39, 0.29) is 10.4 Å². The second kappa shape index (κ2) is 9.43. The number of amides is 1. The number of fused-ring (bicyclic) bond motifs is 1. The third-order valence-corrected chi connectivity index (χ3v) is 6.64. The molecule has 10 heteroatoms. The fraction of sp³-hybridized carbons (Fsp3) is 0.136. The van der Waals surface area contributed by atoms with Gasteiger partial charge in [-0.2, -0.15) is 13.5 Å². The normalized spacial score (nSPS) is 12.4. The van der Waals surface area contributed by atoms with E-state index in [2.05, 4.69) is 18.8 Å². The molecule has 0 aliphatic rings. The molecule has 0 spiro atoms. The lowest BCUT2D eigenvalue weighted by molar-refractivity contribution is -0.117. The first-order chi connectivity index (χ1) is 15.5. The van der Waals surface area contributed by atoms with Gasteiger partial charge in [0.05, 0.1) is 18.3 Å². The van der Waals surface area contributed by atoms with Crippen LogP contribution < -0.4 is 14.8 Å². The lowest BCUT2D eigenvalue weighted by atomic mass is 10.1. The molecule has 32 heavy (non-hydrogen) atoms. The van der Waals surface area contributed by atoms with E-state index < -0.39 is 22.0 Å². The largest absolute Gasteiger partial charge is 0.494 e. The molecule has 0 bridgehead atoms. The Labute approximate surface area is 189 Å². The van der Waals surface area contributed by atoms with Crippen molar-refractivity contribution in [1.29, 1.82) is 0 Å². The maximum atomic E-state index is 13.2. The minimum atomic E-state index is -4.08. The molecular weight excluding hydrogens is 448 g/mol. The van der Waals surface area contributed by atoms with Crippen molar-refractivity contribution < 1.29 is 17.9 Å². The van der Waals surface area contributed by atoms with Crippen LogP contribution in [0.15, 0.2) is 77.7 Å². The third-order valence-electron chi connectivity index (χ3n) is 4.64. The smallest absolute Gasteiger partial charge is 0.247 e. The molecule has 4 aromatic rings. The number of carbonyl (C=O) groups is 1. The summed E-state index contributed by atoms with van der Waals surface area (Å²) in [6.07, 6.45) is 0. The number of ether oxygens (including phenoxy) is 1. The minimum Gasteiger partial charge on any atom is -0.494 e. The summed E-state index contributed by atoms with van der Waals surface area (Å²) in [5.41, 5.74) is 1.77. The molecule has 1 amide bonds. The number of hydrogen-bond donors (Lipinski definition) is 2. The van der Waals surface area contributed by atoms with Crippen molar-refractivity contribution >= 4 is 44.4 Å². The summed E-state index contributed by atoms with van der Waals surface area (Å²) in [6, 6.07) is 19.1. The maximum Gasteiger partial charge on any atom is 0.247 e. The molecule has 0 unspecified atom stereocenters. The van der Waals surface area contributed by atoms with Crippen molar-refractivity contribution in [3.63, 3.8) is 0 Å². The Bertz CT molecular complexity index is 1320. The molecule has 0 aliphatic heterocycles. The number of sulfonamides is 1. The molecule has 1 atom stereocenters. The molecule has 0 saturated carbocycles. The molecule has 1 aromatic heterocycles. The highest BCUT2D eigenvalue weighted by atomic mass is 32.2. The third kappa shape index (κ3) is 4.77. The van der Waals surface area contributed by atoms with Gasteiger partial charge in [0.1, 0.15) is 27.7 Å². The second-order valence-electron chi connectivity index (χ2n) is 6.80. The van der Waals surface area contributed by atoms with E-state index in [4.69, 9.17) is 4.74 Å². The Hall–Kier alpha value is -3.34. The molecule has 3 aromatic carbocycles. The van der Waals surface area contributed by atoms with Gasteiger partial charge in [-0.25, -0.2) is 8.42 Å². The van der Waals surface area contributed by atoms with Crippen molar-refractivity contribution in [3.05, 3.63) is 78.4 Å². The maximum absolute atomic E-state index is 13.2. The Morgan fingerprint density at radius 2 is 1.75 bits per heavy atom. The quantitative estimate of drug-likeness (QED) is 0.408. The van der Waals surface area contributed by atoms with Crippen LogP contribution in [-0.4, -0.2) is 29.7 Å². The predicted molar refractivity (Wildman–Crippen MR) is 123 cm³/mol. The first-order valence-electron chi connectivity index (χ1n) is 9.80. The number of nitrogens with one attached hydrogen (secondary N) is 2. The molecule has 4 rings (SSSR count). The highest BCUT2D eigenvalue weighted by Crippen LogP contribution is 2.25. The molecular formula is C22H20N4O4S2. The van der Waals surface area contributed by atoms with Crippen LogP contribution in [-0.2, 0) is 14.8 Å². The molecule has 8 nitrogen and oxygen atoms in total. The van der Waals surface area contributed by atoms with Gasteiger partial charge in [0.2, 0.25) is 15.9 Å². The lowest BCUT2D eigenvalue weighted by Crippen LogP contribution is -2.37. The Morgan fingerprint density at radius 3 is 2.47 bits per heavy atom. The van der Waals surface area contributed by atoms with Gasteiger partial charge in [-0.3, -0.25) is 4.79 Å². The minimum absolute atomic E-state index is 0.0291. The summed E-state index contributed by atoms with van der Waals surface area (Å²) in [5, 5.41) is 2.77. The van der Waals surface area contributed by atoms with E-state index in [9.17, 15) is 13.2 Å². The van der Waals surface area contributed by atoms with Crippen molar-refractivity contribution in [2.24, 2.45) is 0 Å². The summed E-state index contributed by atoms with van der Waals surface area (Å²) < 4.78 is 42.6. The zero-order valence-electron chi connectivity index (χ0n) is 17.1. The molecule has 0 radical (unpaired) electrons. The van der Waals surface area contributed by atoms with E-state index in [0.717, 1.165) is 11.7 Å². The summed E-state index contributed by atoms with van der Waals surface area (Å²) >= 11 is 0.929. The van der Waals surface area contributed by atoms with Crippen molar-refractivity contribution in [1.82, 2.24) is 13.5 Å². The van der Waals surface area contributed by atoms with Crippen LogP contribution in [0.4, 0.5) is 5.69 Å². The Balaban J connectivity index is 1.64. The van der Waals surface area contributed by atoms with Crippen molar-refractivity contribution in [2.75, 3.05) is 11.9 Å². The fourth-order valence-corrected chi connectivity index (χ4v) is 5.10. The Morgan fingerprint density at radius 1 is 1.00 bits per heavy atom. The van der Waals surface area contributed by atoms with Crippen molar-refractivity contribution in [3.8, 4) is 5.75 Å². The van der Waals surface area contributed by atoms with Crippen LogP contribution in [0.1, 0.15) is 18.5 Å². The van der Waals surface area contributed by atoms with E-state index in [1.807, 2.05) is 6.92 Å². The van der Waals surface area contributed by atoms with E-state index in [1.165, 1.54) is 6.07 Å². The van der Waals surface area contributed by atoms with Gasteiger partial charge in [0, 0.05) is 5.69 Å². The number of hydrogen-bond acceptors (Lipinski definition) is 7. The highest BCUT2D eigenvalue weighted by Gasteiger charge is 2.29. The second-order valence-corrected chi connectivity index (χ2v) is 9.01. The molecule has 0 saturated heterocycles. The van der Waals surface area contributed by atoms with Crippen LogP contribution in [0.3, 0.4) is 0 Å². The molecule has 0 aliphatic carbocycles. The zero-order chi connectivity index (χ0) is 22.6. The first-order valence-corrected chi connectivity index (χ1v) is 12.0. The van der Waals surface area contributed by atoms with E-state index in [1.54, 1.807) is 66.7 Å². The number of rotatable bonds is 8. The topological polar surface area (TPSA) is 110 Å². The SMILES string of the molecule is CCOc1ccc(NC(=O)[C@H](NS(=O)(=O)c2cccc3nsnc23)c2ccccc2)cc1. The number of carbonyl (C=O) groups excluding carboxylic acids is 1. The van der Waals surface area contributed by atoms with Crippen LogP contribution in [0.25, 0.3) is 11.0 Å². The summed E-state index contributed by atoms with van der Waals surface area (Å²) in [6.45, 7) is 2.42. The van der Waals surface area contributed by atoms with Crippen LogP contribution in [0.2, 0.25) is 0 Å².